The molecule has 0 radical (unpaired) electrons. The predicted molar refractivity (Wildman–Crippen MR) is 156 cm³/mol. The van der Waals surface area contributed by atoms with Crippen LogP contribution >= 0.6 is 22.9 Å². The Kier molecular flexibility index (Phi) is 9.42. The van der Waals surface area contributed by atoms with Crippen LogP contribution in [0.15, 0.2) is 60.0 Å². The van der Waals surface area contributed by atoms with E-state index in [-0.39, 0.29) is 29.3 Å². The lowest BCUT2D eigenvalue weighted by Crippen LogP contribution is -2.43. The Morgan fingerprint density at radius 1 is 1.00 bits per heavy atom. The lowest BCUT2D eigenvalue weighted by molar-refractivity contribution is -0.126. The second-order valence-electron chi connectivity index (χ2n) is 8.72. The van der Waals surface area contributed by atoms with Crippen LogP contribution in [0.5, 0.6) is 17.2 Å². The van der Waals surface area contributed by atoms with Gasteiger partial charge in [0.2, 0.25) is 11.7 Å². The van der Waals surface area contributed by atoms with Crippen LogP contribution in [-0.2, 0) is 17.9 Å². The van der Waals surface area contributed by atoms with Crippen LogP contribution in [0, 0.1) is 0 Å². The Hall–Kier alpha value is -4.62. The highest BCUT2D eigenvalue weighted by atomic mass is 32.1. The first-order valence-electron chi connectivity index (χ1n) is 12.3. The molecule has 4 rings (SSSR count). The van der Waals surface area contributed by atoms with Crippen LogP contribution in [-0.4, -0.2) is 48.3 Å². The Bertz CT molecular complexity index is 1500. The van der Waals surface area contributed by atoms with Gasteiger partial charge in [-0.25, -0.2) is 0 Å². The second-order valence-corrected chi connectivity index (χ2v) is 10.5. The third-order valence-corrected chi connectivity index (χ3v) is 7.91. The van der Waals surface area contributed by atoms with E-state index >= 15 is 0 Å². The van der Waals surface area contributed by atoms with Crippen molar-refractivity contribution < 1.29 is 28.6 Å². The average molecular weight is 596 g/mol. The number of aromatic nitrogens is 1. The number of benzene rings is 2. The fourth-order valence-electron chi connectivity index (χ4n) is 4.22. The summed E-state index contributed by atoms with van der Waals surface area (Å²) in [5.74, 6) is -0.986. The third kappa shape index (κ3) is 6.42. The standard InChI is InChI=1S/C28H29N5O6S2/c1-37-19-12-17(13-20(38-2)24(19)39-3)23(27(35)31-14-16-8-5-4-6-9-16)33(15-18-10-7-11-40-18)28(36)25-21(29)22(26(30)34)32-41-25/h4-13,23H,14-15,29H2,1-3H3,(H2,30,34)(H,31,35)/t23-/m1/s1. The van der Waals surface area contributed by atoms with Crippen molar-refractivity contribution in [1.82, 2.24) is 14.6 Å². The van der Waals surface area contributed by atoms with Crippen LogP contribution in [0.1, 0.15) is 42.2 Å². The topological polar surface area (TPSA) is 159 Å². The molecule has 0 fully saturated rings. The van der Waals surface area contributed by atoms with Crippen molar-refractivity contribution in [2.45, 2.75) is 19.1 Å². The third-order valence-electron chi connectivity index (χ3n) is 6.20. The maximum atomic E-state index is 14.2. The summed E-state index contributed by atoms with van der Waals surface area (Å²) in [6.07, 6.45) is 0. The number of carbonyl (C=O) groups excluding carboxylic acids is 3. The number of hydrogen-bond acceptors (Lipinski definition) is 10. The van der Waals surface area contributed by atoms with E-state index in [9.17, 15) is 14.4 Å². The van der Waals surface area contributed by atoms with E-state index in [1.807, 2.05) is 47.8 Å². The highest BCUT2D eigenvalue weighted by Crippen LogP contribution is 2.41. The summed E-state index contributed by atoms with van der Waals surface area (Å²) in [6, 6.07) is 15.1. The molecule has 41 heavy (non-hydrogen) atoms. The molecule has 0 bridgehead atoms. The van der Waals surface area contributed by atoms with Gasteiger partial charge in [0.1, 0.15) is 10.9 Å². The summed E-state index contributed by atoms with van der Waals surface area (Å²) in [5.41, 5.74) is 12.5. The van der Waals surface area contributed by atoms with Gasteiger partial charge in [0, 0.05) is 11.4 Å². The first kappa shape index (κ1) is 29.4. The molecule has 214 valence electrons. The summed E-state index contributed by atoms with van der Waals surface area (Å²) >= 11 is 2.17. The van der Waals surface area contributed by atoms with E-state index < -0.39 is 23.8 Å². The molecule has 0 saturated heterocycles. The molecule has 2 aromatic heterocycles. The summed E-state index contributed by atoms with van der Waals surface area (Å²) in [7, 11) is 4.40. The highest BCUT2D eigenvalue weighted by molar-refractivity contribution is 7.10. The lowest BCUT2D eigenvalue weighted by atomic mass is 10.0. The first-order chi connectivity index (χ1) is 19.8. The molecule has 1 atom stereocenters. The number of thiophene rings is 1. The van der Waals surface area contributed by atoms with Gasteiger partial charge in [-0.2, -0.15) is 4.37 Å². The number of hydrogen-bond donors (Lipinski definition) is 3. The Labute approximate surface area is 244 Å². The number of primary amides is 1. The molecule has 0 saturated carbocycles. The van der Waals surface area contributed by atoms with Crippen LogP contribution in [0.25, 0.3) is 0 Å². The smallest absolute Gasteiger partial charge is 0.270 e. The van der Waals surface area contributed by atoms with Crippen molar-refractivity contribution in [2.75, 3.05) is 27.1 Å². The van der Waals surface area contributed by atoms with Crippen LogP contribution in [0.2, 0.25) is 0 Å². The van der Waals surface area contributed by atoms with Gasteiger partial charge in [-0.15, -0.1) is 11.3 Å². The number of rotatable bonds is 12. The Balaban J connectivity index is 1.86. The fourth-order valence-corrected chi connectivity index (χ4v) is 5.69. The zero-order valence-corrected chi connectivity index (χ0v) is 24.2. The van der Waals surface area contributed by atoms with Gasteiger partial charge in [-0.3, -0.25) is 14.4 Å². The molecular weight excluding hydrogens is 566 g/mol. The number of nitrogens with one attached hydrogen (secondary N) is 1. The average Bonchev–Trinajstić information content (AvgIpc) is 3.64. The maximum Gasteiger partial charge on any atom is 0.270 e. The van der Waals surface area contributed by atoms with E-state index in [0.29, 0.717) is 22.8 Å². The van der Waals surface area contributed by atoms with Gasteiger partial charge in [0.25, 0.3) is 11.8 Å². The SMILES string of the molecule is COc1cc([C@H](C(=O)NCc2ccccc2)N(Cc2cccs2)C(=O)c2snc(C(N)=O)c2N)cc(OC)c1OC. The number of nitrogen functional groups attached to an aromatic ring is 1. The van der Waals surface area contributed by atoms with Gasteiger partial charge >= 0.3 is 0 Å². The molecule has 0 aliphatic heterocycles. The minimum Gasteiger partial charge on any atom is -0.493 e. The monoisotopic (exact) mass is 595 g/mol. The largest absolute Gasteiger partial charge is 0.493 e. The number of methoxy groups -OCH3 is 3. The summed E-state index contributed by atoms with van der Waals surface area (Å²) in [6.45, 7) is 0.274. The van der Waals surface area contributed by atoms with Gasteiger partial charge in [-0.1, -0.05) is 36.4 Å². The zero-order valence-electron chi connectivity index (χ0n) is 22.6. The Morgan fingerprint density at radius 2 is 1.68 bits per heavy atom. The molecule has 2 heterocycles. The number of ether oxygens (including phenoxy) is 3. The normalized spacial score (nSPS) is 11.4. The van der Waals surface area contributed by atoms with Gasteiger partial charge in [-0.05, 0) is 46.2 Å². The van der Waals surface area contributed by atoms with Crippen molar-refractivity contribution in [3.63, 3.8) is 0 Å². The molecular formula is C28H29N5O6S2. The van der Waals surface area contributed by atoms with E-state index in [4.69, 9.17) is 25.7 Å². The molecule has 0 unspecified atom stereocenters. The van der Waals surface area contributed by atoms with E-state index in [0.717, 1.165) is 22.0 Å². The quantitative estimate of drug-likeness (QED) is 0.224. The molecule has 0 spiro atoms. The van der Waals surface area contributed by atoms with Crippen molar-refractivity contribution in [1.29, 1.82) is 0 Å². The van der Waals surface area contributed by atoms with E-state index in [2.05, 4.69) is 9.69 Å². The minimum absolute atomic E-state index is 0.0105. The van der Waals surface area contributed by atoms with Crippen LogP contribution < -0.4 is 31.0 Å². The van der Waals surface area contributed by atoms with E-state index in [1.165, 1.54) is 37.6 Å². The number of nitrogens with zero attached hydrogens (tertiary/aromatic N) is 2. The molecule has 3 amide bonds. The minimum atomic E-state index is -1.18. The fraction of sp³-hybridized carbons (Fsp3) is 0.214. The molecule has 5 N–H and O–H groups in total. The lowest BCUT2D eigenvalue weighted by Gasteiger charge is -2.31. The summed E-state index contributed by atoms with van der Waals surface area (Å²) in [5, 5.41) is 4.81. The summed E-state index contributed by atoms with van der Waals surface area (Å²) in [4.78, 5) is 42.2. The second kappa shape index (κ2) is 13.2. The molecule has 4 aromatic rings. The van der Waals surface area contributed by atoms with Crippen molar-refractivity contribution in [3.05, 3.63) is 86.6 Å². The Morgan fingerprint density at radius 3 is 2.22 bits per heavy atom. The molecule has 0 aliphatic carbocycles. The number of anilines is 1. The van der Waals surface area contributed by atoms with Gasteiger partial charge in [0.15, 0.2) is 17.2 Å². The number of carbonyl (C=O) groups is 3. The van der Waals surface area contributed by atoms with Crippen molar-refractivity contribution in [2.24, 2.45) is 5.73 Å². The van der Waals surface area contributed by atoms with E-state index in [1.54, 1.807) is 12.1 Å². The van der Waals surface area contributed by atoms with Crippen LogP contribution in [0.3, 0.4) is 0 Å². The van der Waals surface area contributed by atoms with Gasteiger partial charge < -0.3 is 35.9 Å². The molecule has 2 aromatic carbocycles. The number of nitrogens with two attached hydrogens (primary N) is 2. The first-order valence-corrected chi connectivity index (χ1v) is 13.9. The maximum absolute atomic E-state index is 14.2. The summed E-state index contributed by atoms with van der Waals surface area (Å²) < 4.78 is 20.5. The molecule has 13 heteroatoms. The van der Waals surface area contributed by atoms with Gasteiger partial charge in [0.05, 0.1) is 33.6 Å². The number of amides is 3. The van der Waals surface area contributed by atoms with Crippen molar-refractivity contribution in [3.8, 4) is 17.2 Å². The molecule has 0 aliphatic rings. The molecule has 11 nitrogen and oxygen atoms in total. The zero-order chi connectivity index (χ0) is 29.5. The van der Waals surface area contributed by atoms with Crippen LogP contribution in [0.4, 0.5) is 5.69 Å². The van der Waals surface area contributed by atoms with Crippen molar-refractivity contribution >= 4 is 46.3 Å². The predicted octanol–water partition coefficient (Wildman–Crippen LogP) is 3.61. The highest BCUT2D eigenvalue weighted by Gasteiger charge is 2.36.